The van der Waals surface area contributed by atoms with Crippen LogP contribution in [0.15, 0.2) is 42.7 Å². The maximum absolute atomic E-state index is 14.8. The fourth-order valence-electron chi connectivity index (χ4n) is 5.18. The first-order valence-electron chi connectivity index (χ1n) is 12.8. The summed E-state index contributed by atoms with van der Waals surface area (Å²) in [6, 6.07) is 10.6. The molecule has 3 rings (SSSR count). The molecule has 0 spiro atoms. The van der Waals surface area contributed by atoms with Gasteiger partial charge in [0.15, 0.2) is 11.6 Å². The summed E-state index contributed by atoms with van der Waals surface area (Å²) in [6.07, 6.45) is 4.53. The Kier molecular flexibility index (Phi) is 8.88. The van der Waals surface area contributed by atoms with Gasteiger partial charge in [0, 0.05) is 24.5 Å². The normalized spacial score (nSPS) is 13.9. The summed E-state index contributed by atoms with van der Waals surface area (Å²) in [4.78, 5) is 23.6. The number of hydrogen-bond donors (Lipinski definition) is 1. The second-order valence-electron chi connectivity index (χ2n) is 10.1. The van der Waals surface area contributed by atoms with Gasteiger partial charge in [0.2, 0.25) is 5.91 Å². The molecule has 0 radical (unpaired) electrons. The third-order valence-corrected chi connectivity index (χ3v) is 7.40. The Morgan fingerprint density at radius 3 is 2.53 bits per heavy atom. The molecule has 0 aliphatic rings. The van der Waals surface area contributed by atoms with E-state index < -0.39 is 5.82 Å². The first-order chi connectivity index (χ1) is 17.2. The number of fused-ring (bicyclic) bond motifs is 1. The number of carbonyl (C=O) groups is 1. The van der Waals surface area contributed by atoms with Gasteiger partial charge in [-0.05, 0) is 60.4 Å². The van der Waals surface area contributed by atoms with Gasteiger partial charge in [-0.25, -0.2) is 14.4 Å². The topological polar surface area (TPSA) is 67.4 Å². The molecule has 0 aliphatic carbocycles. The van der Waals surface area contributed by atoms with Crippen LogP contribution in [0.1, 0.15) is 60.8 Å². The molecule has 0 fully saturated rings. The number of halogens is 1. The lowest BCUT2D eigenvalue weighted by atomic mass is 9.67. The lowest BCUT2D eigenvalue weighted by Crippen LogP contribution is -2.44. The molecule has 0 saturated carbocycles. The highest BCUT2D eigenvalue weighted by atomic mass is 19.1. The van der Waals surface area contributed by atoms with Crippen LogP contribution < -0.4 is 15.0 Å². The molecular weight excluding hydrogens is 455 g/mol. The van der Waals surface area contributed by atoms with Gasteiger partial charge in [-0.1, -0.05) is 47.1 Å². The molecule has 2 aromatic carbocycles. The number of nitrogens with one attached hydrogen (secondary N) is 1. The van der Waals surface area contributed by atoms with Gasteiger partial charge in [-0.3, -0.25) is 4.79 Å². The van der Waals surface area contributed by atoms with E-state index in [4.69, 9.17) is 4.74 Å². The summed E-state index contributed by atoms with van der Waals surface area (Å²) in [6.45, 7) is 13.5. The standard InChI is InChI=1S/C29H39FN4O2/c1-8-20(5)29(9-2,16-19(3)4)17-34(21(6)35)22-13-14-24-23(15-22)28(32-18-31-24)33-25-11-10-12-26(36-7)27(25)30/h10-15,18-20H,8-9,16-17H2,1-7H3,(H,31,32,33). The zero-order valence-electron chi connectivity index (χ0n) is 22.6. The van der Waals surface area contributed by atoms with E-state index in [1.54, 1.807) is 25.1 Å². The molecule has 2 unspecified atom stereocenters. The number of hydrogen-bond acceptors (Lipinski definition) is 5. The monoisotopic (exact) mass is 494 g/mol. The van der Waals surface area contributed by atoms with E-state index in [-0.39, 0.29) is 22.8 Å². The summed E-state index contributed by atoms with van der Waals surface area (Å²) in [5.41, 5.74) is 1.74. The molecule has 1 heterocycles. The fourth-order valence-corrected chi connectivity index (χ4v) is 5.18. The molecule has 0 aliphatic heterocycles. The highest BCUT2D eigenvalue weighted by molar-refractivity contribution is 5.98. The van der Waals surface area contributed by atoms with E-state index >= 15 is 0 Å². The lowest BCUT2D eigenvalue weighted by molar-refractivity contribution is -0.117. The van der Waals surface area contributed by atoms with Crippen molar-refractivity contribution >= 4 is 34.0 Å². The Hall–Kier alpha value is -3.22. The van der Waals surface area contributed by atoms with Crippen molar-refractivity contribution in [2.45, 2.75) is 60.8 Å². The van der Waals surface area contributed by atoms with Crippen LogP contribution in [0.3, 0.4) is 0 Å². The summed E-state index contributed by atoms with van der Waals surface area (Å²) in [7, 11) is 1.43. The van der Waals surface area contributed by atoms with Crippen molar-refractivity contribution in [1.29, 1.82) is 0 Å². The van der Waals surface area contributed by atoms with Gasteiger partial charge >= 0.3 is 0 Å². The third kappa shape index (κ3) is 5.77. The predicted molar refractivity (Wildman–Crippen MR) is 145 cm³/mol. The Labute approximate surface area is 214 Å². The summed E-state index contributed by atoms with van der Waals surface area (Å²) in [5.74, 6) is 1.08. The molecule has 7 heteroatoms. The molecule has 36 heavy (non-hydrogen) atoms. The lowest BCUT2D eigenvalue weighted by Gasteiger charge is -2.43. The van der Waals surface area contributed by atoms with Crippen LogP contribution in [0.4, 0.5) is 21.6 Å². The molecule has 2 atom stereocenters. The van der Waals surface area contributed by atoms with Gasteiger partial charge in [-0.15, -0.1) is 0 Å². The number of methoxy groups -OCH3 is 1. The zero-order chi connectivity index (χ0) is 26.5. The number of benzene rings is 2. The number of ether oxygens (including phenoxy) is 1. The van der Waals surface area contributed by atoms with Gasteiger partial charge in [0.1, 0.15) is 12.1 Å². The van der Waals surface area contributed by atoms with Crippen molar-refractivity contribution in [2.24, 2.45) is 17.3 Å². The van der Waals surface area contributed by atoms with Crippen LogP contribution >= 0.6 is 0 Å². The molecule has 0 bridgehead atoms. The molecule has 1 aromatic heterocycles. The van der Waals surface area contributed by atoms with Gasteiger partial charge in [0.25, 0.3) is 0 Å². The Morgan fingerprint density at radius 1 is 1.17 bits per heavy atom. The SMILES string of the molecule is CCC(C)C(CC)(CC(C)C)CN(C(C)=O)c1ccc2ncnc(Nc3cccc(OC)c3F)c2c1. The molecule has 3 aromatic rings. The minimum absolute atomic E-state index is 0.00152. The highest BCUT2D eigenvalue weighted by Crippen LogP contribution is 2.42. The maximum atomic E-state index is 14.8. The number of anilines is 3. The van der Waals surface area contributed by atoms with E-state index in [0.717, 1.165) is 24.9 Å². The third-order valence-electron chi connectivity index (χ3n) is 7.40. The van der Waals surface area contributed by atoms with Crippen molar-refractivity contribution in [1.82, 2.24) is 9.97 Å². The van der Waals surface area contributed by atoms with Crippen molar-refractivity contribution in [3.05, 3.63) is 48.5 Å². The Balaban J connectivity index is 2.06. The first kappa shape index (κ1) is 27.4. The molecule has 1 amide bonds. The summed E-state index contributed by atoms with van der Waals surface area (Å²) >= 11 is 0. The van der Waals surface area contributed by atoms with E-state index in [9.17, 15) is 9.18 Å². The average Bonchev–Trinajstić information content (AvgIpc) is 2.86. The fraction of sp³-hybridized carbons (Fsp3) is 0.483. The van der Waals surface area contributed by atoms with Crippen LogP contribution in [0, 0.1) is 23.1 Å². The summed E-state index contributed by atoms with van der Waals surface area (Å²) in [5, 5.41) is 3.80. The largest absolute Gasteiger partial charge is 0.494 e. The zero-order valence-corrected chi connectivity index (χ0v) is 22.6. The van der Waals surface area contributed by atoms with Gasteiger partial charge < -0.3 is 15.0 Å². The Morgan fingerprint density at radius 2 is 1.92 bits per heavy atom. The van der Waals surface area contributed by atoms with E-state index in [1.165, 1.54) is 13.4 Å². The van der Waals surface area contributed by atoms with Crippen LogP contribution in [-0.2, 0) is 4.79 Å². The van der Waals surface area contributed by atoms with E-state index in [0.29, 0.717) is 35.1 Å². The number of rotatable bonds is 11. The van der Waals surface area contributed by atoms with Crippen LogP contribution in [-0.4, -0.2) is 29.5 Å². The number of aromatic nitrogens is 2. The average molecular weight is 495 g/mol. The van der Waals surface area contributed by atoms with Crippen molar-refractivity contribution in [3.8, 4) is 5.75 Å². The minimum Gasteiger partial charge on any atom is -0.494 e. The van der Waals surface area contributed by atoms with Crippen molar-refractivity contribution < 1.29 is 13.9 Å². The second-order valence-corrected chi connectivity index (χ2v) is 10.1. The van der Waals surface area contributed by atoms with Crippen molar-refractivity contribution in [2.75, 3.05) is 23.9 Å². The molecular formula is C29H39FN4O2. The second kappa shape index (κ2) is 11.7. The number of amides is 1. The van der Waals surface area contributed by atoms with Gasteiger partial charge in [0.05, 0.1) is 18.3 Å². The highest BCUT2D eigenvalue weighted by Gasteiger charge is 2.37. The van der Waals surface area contributed by atoms with Crippen molar-refractivity contribution in [3.63, 3.8) is 0 Å². The van der Waals surface area contributed by atoms with E-state index in [2.05, 4.69) is 49.9 Å². The maximum Gasteiger partial charge on any atom is 0.223 e. The first-order valence-corrected chi connectivity index (χ1v) is 12.8. The van der Waals surface area contributed by atoms with Crippen LogP contribution in [0.25, 0.3) is 10.9 Å². The molecule has 1 N–H and O–H groups in total. The molecule has 194 valence electrons. The predicted octanol–water partition coefficient (Wildman–Crippen LogP) is 7.36. The number of nitrogens with zero attached hydrogens (tertiary/aromatic N) is 3. The molecule has 0 saturated heterocycles. The number of carbonyl (C=O) groups excluding carboxylic acids is 1. The van der Waals surface area contributed by atoms with Crippen LogP contribution in [0.5, 0.6) is 5.75 Å². The van der Waals surface area contributed by atoms with Crippen LogP contribution in [0.2, 0.25) is 0 Å². The quantitative estimate of drug-likeness (QED) is 0.302. The minimum atomic E-state index is -0.497. The summed E-state index contributed by atoms with van der Waals surface area (Å²) < 4.78 is 19.9. The van der Waals surface area contributed by atoms with E-state index in [1.807, 2.05) is 23.1 Å². The smallest absolute Gasteiger partial charge is 0.223 e. The van der Waals surface area contributed by atoms with Gasteiger partial charge in [-0.2, -0.15) is 0 Å². The molecule has 6 nitrogen and oxygen atoms in total. The Bertz CT molecular complexity index is 1200.